The van der Waals surface area contributed by atoms with Crippen molar-refractivity contribution in [2.75, 3.05) is 5.32 Å². The summed E-state index contributed by atoms with van der Waals surface area (Å²) < 4.78 is 31.3. The first-order chi connectivity index (χ1) is 10.3. The van der Waals surface area contributed by atoms with Crippen molar-refractivity contribution in [2.24, 2.45) is 0 Å². The van der Waals surface area contributed by atoms with Crippen molar-refractivity contribution in [3.05, 3.63) is 34.4 Å². The molecule has 9 heteroatoms. The number of alkyl halides is 2. The molecule has 120 valence electrons. The summed E-state index contributed by atoms with van der Waals surface area (Å²) in [6.07, 6.45) is -0.243. The minimum atomic E-state index is -2.79. The number of rotatable bonds is 4. The van der Waals surface area contributed by atoms with E-state index in [0.717, 1.165) is 17.5 Å². The van der Waals surface area contributed by atoms with Crippen LogP contribution in [0.25, 0.3) is 0 Å². The van der Waals surface area contributed by atoms with E-state index < -0.39 is 18.0 Å². The molecule has 0 saturated carbocycles. The summed E-state index contributed by atoms with van der Waals surface area (Å²) in [7, 11) is 0. The Bertz CT molecular complexity index is 661. The number of aromatic nitrogens is 2. The zero-order valence-corrected chi connectivity index (χ0v) is 13.1. The summed E-state index contributed by atoms with van der Waals surface area (Å²) in [5.74, 6) is -0.762. The second-order valence-corrected chi connectivity index (χ2v) is 6.40. The van der Waals surface area contributed by atoms with Gasteiger partial charge in [0.25, 0.3) is 6.43 Å². The fourth-order valence-electron chi connectivity index (χ4n) is 1.63. The van der Waals surface area contributed by atoms with Crippen molar-refractivity contribution in [1.82, 2.24) is 9.97 Å². The molecule has 0 spiro atoms. The molecule has 0 amide bonds. The number of hydrogen-bond donors (Lipinski definition) is 1. The number of nitrogens with one attached hydrogen (secondary N) is 1. The summed E-state index contributed by atoms with van der Waals surface area (Å²) in [4.78, 5) is 19.6. The van der Waals surface area contributed by atoms with E-state index in [1.165, 1.54) is 12.3 Å². The molecule has 0 saturated heterocycles. The zero-order valence-electron chi connectivity index (χ0n) is 12.3. The van der Waals surface area contributed by atoms with Crippen LogP contribution >= 0.6 is 11.3 Å². The number of carbonyl (C=O) groups is 1. The Morgan fingerprint density at radius 3 is 2.57 bits per heavy atom. The number of esters is 1. The van der Waals surface area contributed by atoms with Crippen molar-refractivity contribution in [1.29, 1.82) is 0 Å². The van der Waals surface area contributed by atoms with Crippen molar-refractivity contribution in [3.8, 4) is 5.75 Å². The van der Waals surface area contributed by atoms with Crippen LogP contribution in [0.2, 0.25) is 0 Å². The Labute approximate surface area is 179 Å². The average molecular weight is 367 g/mol. The molecular weight excluding hydrogens is 351 g/mol. The van der Waals surface area contributed by atoms with Gasteiger partial charge >= 0.3 is 57.4 Å². The van der Waals surface area contributed by atoms with E-state index in [4.69, 9.17) is 4.74 Å². The minimum absolute atomic E-state index is 0. The standard InChI is InChI=1S/C14H15F2N3O2S.K.H/c1-14(2,3)19-10-6-8(11(15)16)9(7-18-10)21-13(20)12-17-4-5-22-12;;/h4-7,11H,1-3H3,(H,18,19);;. The van der Waals surface area contributed by atoms with E-state index in [-0.39, 0.29) is 73.5 Å². The molecule has 0 aliphatic rings. The second kappa shape index (κ2) is 8.59. The quantitative estimate of drug-likeness (QED) is 0.664. The van der Waals surface area contributed by atoms with Gasteiger partial charge in [0, 0.05) is 17.1 Å². The van der Waals surface area contributed by atoms with Crippen LogP contribution in [0.1, 0.15) is 42.6 Å². The molecule has 0 fully saturated rings. The van der Waals surface area contributed by atoms with Crippen LogP contribution in [-0.2, 0) is 0 Å². The van der Waals surface area contributed by atoms with Crippen molar-refractivity contribution >= 4 is 74.5 Å². The fourth-order valence-corrected chi connectivity index (χ4v) is 2.14. The predicted octanol–water partition coefficient (Wildman–Crippen LogP) is 3.26. The van der Waals surface area contributed by atoms with Crippen molar-refractivity contribution < 1.29 is 18.3 Å². The van der Waals surface area contributed by atoms with E-state index >= 15 is 0 Å². The topological polar surface area (TPSA) is 64.1 Å². The van der Waals surface area contributed by atoms with E-state index in [2.05, 4.69) is 15.3 Å². The van der Waals surface area contributed by atoms with Gasteiger partial charge in [0.1, 0.15) is 5.82 Å². The van der Waals surface area contributed by atoms with Gasteiger partial charge in [0.2, 0.25) is 5.01 Å². The number of pyridine rings is 1. The first-order valence-corrected chi connectivity index (χ1v) is 7.32. The summed E-state index contributed by atoms with van der Waals surface area (Å²) in [5.41, 5.74) is -0.725. The number of ether oxygens (including phenoxy) is 1. The van der Waals surface area contributed by atoms with Gasteiger partial charge in [-0.1, -0.05) is 0 Å². The van der Waals surface area contributed by atoms with Gasteiger partial charge in [-0.2, -0.15) is 0 Å². The number of hydrogen-bond acceptors (Lipinski definition) is 6. The van der Waals surface area contributed by atoms with Crippen molar-refractivity contribution in [3.63, 3.8) is 0 Å². The van der Waals surface area contributed by atoms with Gasteiger partial charge in [-0.25, -0.2) is 23.5 Å². The monoisotopic (exact) mass is 367 g/mol. The average Bonchev–Trinajstić information content (AvgIpc) is 2.92. The van der Waals surface area contributed by atoms with E-state index in [0.29, 0.717) is 0 Å². The van der Waals surface area contributed by atoms with Gasteiger partial charge in [-0.3, -0.25) is 0 Å². The SMILES string of the molecule is CC(C)(C)Nc1cc(C(F)F)c(OC(=O)c2nccs2)cn1.[KH]. The number of nitrogens with zero attached hydrogens (tertiary/aromatic N) is 2. The first kappa shape index (κ1) is 20.6. The van der Waals surface area contributed by atoms with E-state index in [1.807, 2.05) is 20.8 Å². The van der Waals surface area contributed by atoms with E-state index in [1.54, 1.807) is 5.38 Å². The molecule has 0 atom stereocenters. The molecular formula is C14H16F2KN3O2S. The molecule has 2 heterocycles. The molecule has 0 aliphatic carbocycles. The fraction of sp³-hybridized carbons (Fsp3) is 0.357. The molecule has 0 bridgehead atoms. The maximum atomic E-state index is 13.2. The van der Waals surface area contributed by atoms with Crippen LogP contribution in [0, 0.1) is 0 Å². The zero-order chi connectivity index (χ0) is 16.3. The van der Waals surface area contributed by atoms with Crippen LogP contribution < -0.4 is 10.1 Å². The number of carbonyl (C=O) groups excluding carboxylic acids is 1. The molecule has 0 radical (unpaired) electrons. The molecule has 0 aliphatic heterocycles. The molecule has 2 rings (SSSR count). The summed E-state index contributed by atoms with van der Waals surface area (Å²) in [5, 5.41) is 4.68. The molecule has 5 nitrogen and oxygen atoms in total. The van der Waals surface area contributed by atoms with Crippen LogP contribution in [-0.4, -0.2) is 72.9 Å². The number of anilines is 1. The molecule has 23 heavy (non-hydrogen) atoms. The normalized spacial score (nSPS) is 11.0. The molecule has 2 aromatic rings. The maximum absolute atomic E-state index is 13.2. The Kier molecular flexibility index (Phi) is 7.69. The van der Waals surface area contributed by atoms with Crippen LogP contribution in [0.15, 0.2) is 23.8 Å². The Morgan fingerprint density at radius 2 is 2.04 bits per heavy atom. The van der Waals surface area contributed by atoms with Gasteiger partial charge in [-0.05, 0) is 26.8 Å². The summed E-state index contributed by atoms with van der Waals surface area (Å²) in [6.45, 7) is 5.65. The molecule has 0 unspecified atom stereocenters. The Balaban J connectivity index is 0.00000264. The summed E-state index contributed by atoms with van der Waals surface area (Å²) in [6, 6.07) is 1.18. The van der Waals surface area contributed by atoms with Gasteiger partial charge in [-0.15, -0.1) is 11.3 Å². The van der Waals surface area contributed by atoms with Crippen molar-refractivity contribution in [2.45, 2.75) is 32.7 Å². The Morgan fingerprint density at radius 1 is 1.35 bits per heavy atom. The van der Waals surface area contributed by atoms with Gasteiger partial charge in [0.15, 0.2) is 5.75 Å². The molecule has 2 aromatic heterocycles. The third-order valence-corrected chi connectivity index (χ3v) is 3.20. The first-order valence-electron chi connectivity index (χ1n) is 6.44. The Hall–Kier alpha value is -0.454. The van der Waals surface area contributed by atoms with Crippen LogP contribution in [0.4, 0.5) is 14.6 Å². The molecule has 1 N–H and O–H groups in total. The third-order valence-electron chi connectivity index (χ3n) is 2.45. The number of thiazole rings is 1. The third kappa shape index (κ3) is 6.16. The van der Waals surface area contributed by atoms with Gasteiger partial charge < -0.3 is 10.1 Å². The number of halogens is 2. The second-order valence-electron chi connectivity index (χ2n) is 5.51. The van der Waals surface area contributed by atoms with E-state index in [9.17, 15) is 13.6 Å². The predicted molar refractivity (Wildman–Crippen MR) is 86.8 cm³/mol. The van der Waals surface area contributed by atoms with Gasteiger partial charge in [0.05, 0.1) is 11.8 Å². The summed E-state index contributed by atoms with van der Waals surface area (Å²) >= 11 is 1.07. The van der Waals surface area contributed by atoms with Crippen LogP contribution in [0.3, 0.4) is 0 Å². The van der Waals surface area contributed by atoms with Crippen LogP contribution in [0.5, 0.6) is 5.75 Å². The molecule has 0 aromatic carbocycles.